The number of amides is 1. The fourth-order valence-corrected chi connectivity index (χ4v) is 3.43. The van der Waals surface area contributed by atoms with Crippen LogP contribution in [0.5, 0.6) is 17.2 Å². The number of carboxylic acid groups (broad SMARTS) is 1. The maximum absolute atomic E-state index is 12.4. The quantitative estimate of drug-likeness (QED) is 0.620. The van der Waals surface area contributed by atoms with Crippen LogP contribution in [0.1, 0.15) is 12.5 Å². The number of ether oxygens (including phenoxy) is 3. The van der Waals surface area contributed by atoms with E-state index in [0.717, 1.165) is 0 Å². The van der Waals surface area contributed by atoms with Crippen LogP contribution in [0, 0.1) is 0 Å². The number of carbonyl (C=O) groups excluding carboxylic acids is 1. The fraction of sp³-hybridized carbons (Fsp3) is 0.190. The van der Waals surface area contributed by atoms with E-state index in [-0.39, 0.29) is 11.7 Å². The number of nitrogens with one attached hydrogen (secondary N) is 1. The van der Waals surface area contributed by atoms with E-state index in [9.17, 15) is 9.59 Å². The Kier molecular flexibility index (Phi) is 6.97. The van der Waals surface area contributed by atoms with Gasteiger partial charge in [-0.2, -0.15) is 0 Å². The van der Waals surface area contributed by atoms with Gasteiger partial charge in [0.05, 0.1) is 24.3 Å². The molecule has 1 aliphatic rings. The lowest BCUT2D eigenvalue weighted by molar-refractivity contribution is -0.139. The van der Waals surface area contributed by atoms with E-state index < -0.39 is 12.6 Å². The standard InChI is InChI=1S/C21H20N2O6S/c1-3-28-16-6-4-5-13(19(16)29-12-18(24)25)11-17-20(26)23-21(30-17)22-14-7-9-15(27-2)10-8-14/h4-11H,3,12H2,1-2H3,(H,24,25)(H,22,23,26)/b17-11+. The predicted molar refractivity (Wildman–Crippen MR) is 115 cm³/mol. The summed E-state index contributed by atoms with van der Waals surface area (Å²) >= 11 is 1.18. The summed E-state index contributed by atoms with van der Waals surface area (Å²) in [4.78, 5) is 28.2. The molecule has 1 saturated heterocycles. The molecule has 0 saturated carbocycles. The second-order valence-electron chi connectivity index (χ2n) is 5.97. The Morgan fingerprint density at radius 1 is 1.20 bits per heavy atom. The van der Waals surface area contributed by atoms with Gasteiger partial charge in [-0.25, -0.2) is 9.79 Å². The van der Waals surface area contributed by atoms with Crippen LogP contribution in [0.2, 0.25) is 0 Å². The first kappa shape index (κ1) is 21.3. The first-order valence-corrected chi connectivity index (χ1v) is 9.86. The van der Waals surface area contributed by atoms with Crippen molar-refractivity contribution in [2.75, 3.05) is 20.3 Å². The number of benzene rings is 2. The molecule has 0 radical (unpaired) electrons. The van der Waals surface area contributed by atoms with Crippen molar-refractivity contribution in [3.8, 4) is 17.2 Å². The number of hydrogen-bond donors (Lipinski definition) is 2. The predicted octanol–water partition coefficient (Wildman–Crippen LogP) is 3.45. The highest BCUT2D eigenvalue weighted by molar-refractivity contribution is 8.18. The van der Waals surface area contributed by atoms with E-state index in [1.54, 1.807) is 55.7 Å². The summed E-state index contributed by atoms with van der Waals surface area (Å²) in [5.41, 5.74) is 1.20. The number of amidine groups is 1. The van der Waals surface area contributed by atoms with Crippen molar-refractivity contribution in [1.29, 1.82) is 0 Å². The third-order valence-electron chi connectivity index (χ3n) is 3.89. The Bertz CT molecular complexity index is 1000. The lowest BCUT2D eigenvalue weighted by Crippen LogP contribution is -2.19. The number of methoxy groups -OCH3 is 1. The Labute approximate surface area is 177 Å². The Morgan fingerprint density at radius 3 is 2.63 bits per heavy atom. The van der Waals surface area contributed by atoms with Gasteiger partial charge in [-0.15, -0.1) is 0 Å². The highest BCUT2D eigenvalue weighted by Gasteiger charge is 2.25. The van der Waals surface area contributed by atoms with E-state index in [0.29, 0.717) is 39.4 Å². The lowest BCUT2D eigenvalue weighted by atomic mass is 10.1. The molecule has 156 valence electrons. The van der Waals surface area contributed by atoms with Crippen molar-refractivity contribution in [3.05, 3.63) is 52.9 Å². The second-order valence-corrected chi connectivity index (χ2v) is 7.00. The highest BCUT2D eigenvalue weighted by Crippen LogP contribution is 2.36. The Hall–Kier alpha value is -3.46. The Balaban J connectivity index is 1.87. The van der Waals surface area contributed by atoms with Crippen LogP contribution in [0.4, 0.5) is 5.69 Å². The SMILES string of the molecule is CCOc1cccc(/C=C2/SC(=Nc3ccc(OC)cc3)NC2=O)c1OCC(=O)O. The van der Waals surface area contributed by atoms with E-state index in [1.165, 1.54) is 11.8 Å². The van der Waals surface area contributed by atoms with Crippen LogP contribution >= 0.6 is 11.8 Å². The van der Waals surface area contributed by atoms with Crippen molar-refractivity contribution in [3.63, 3.8) is 0 Å². The molecule has 0 aromatic heterocycles. The summed E-state index contributed by atoms with van der Waals surface area (Å²) in [5, 5.41) is 12.1. The minimum absolute atomic E-state index is 0.267. The number of carbonyl (C=O) groups is 2. The maximum atomic E-state index is 12.4. The minimum Gasteiger partial charge on any atom is -0.497 e. The molecule has 1 fully saturated rings. The number of hydrogen-bond acceptors (Lipinski definition) is 7. The number of aliphatic imine (C=N–C) groups is 1. The van der Waals surface area contributed by atoms with Gasteiger partial charge in [0, 0.05) is 5.56 Å². The number of nitrogens with zero attached hydrogens (tertiary/aromatic N) is 1. The largest absolute Gasteiger partial charge is 0.497 e. The van der Waals surface area contributed by atoms with Gasteiger partial charge in [-0.1, -0.05) is 12.1 Å². The molecule has 30 heavy (non-hydrogen) atoms. The number of carboxylic acids is 1. The summed E-state index contributed by atoms with van der Waals surface area (Å²) in [5.74, 6) is -0.0300. The molecular weight excluding hydrogens is 408 g/mol. The summed E-state index contributed by atoms with van der Waals surface area (Å²) in [6.07, 6.45) is 1.62. The fourth-order valence-electron chi connectivity index (χ4n) is 2.60. The molecule has 2 aromatic carbocycles. The summed E-state index contributed by atoms with van der Waals surface area (Å²) in [7, 11) is 1.58. The van der Waals surface area contributed by atoms with Gasteiger partial charge in [-0.3, -0.25) is 4.79 Å². The summed E-state index contributed by atoms with van der Waals surface area (Å²) < 4.78 is 16.1. The average Bonchev–Trinajstić information content (AvgIpc) is 3.07. The van der Waals surface area contributed by atoms with Crippen molar-refractivity contribution in [2.24, 2.45) is 4.99 Å². The smallest absolute Gasteiger partial charge is 0.341 e. The van der Waals surface area contributed by atoms with Gasteiger partial charge >= 0.3 is 5.97 Å². The second kappa shape index (κ2) is 9.84. The van der Waals surface area contributed by atoms with Gasteiger partial charge in [-0.05, 0) is 55.1 Å². The third kappa shape index (κ3) is 5.32. The molecule has 2 N–H and O–H groups in total. The molecule has 0 unspecified atom stereocenters. The number of para-hydroxylation sites is 1. The lowest BCUT2D eigenvalue weighted by Gasteiger charge is -2.13. The van der Waals surface area contributed by atoms with E-state index in [4.69, 9.17) is 19.3 Å². The zero-order valence-corrected chi connectivity index (χ0v) is 17.2. The Morgan fingerprint density at radius 2 is 1.97 bits per heavy atom. The summed E-state index contributed by atoms with van der Waals surface area (Å²) in [6, 6.07) is 12.3. The van der Waals surface area contributed by atoms with Crippen LogP contribution in [0.3, 0.4) is 0 Å². The van der Waals surface area contributed by atoms with Crippen LogP contribution in [-0.2, 0) is 9.59 Å². The van der Waals surface area contributed by atoms with Gasteiger partial charge in [0.25, 0.3) is 5.91 Å². The molecular formula is C21H20N2O6S. The molecule has 1 amide bonds. The van der Waals surface area contributed by atoms with Crippen LogP contribution < -0.4 is 19.5 Å². The van der Waals surface area contributed by atoms with Crippen LogP contribution in [-0.4, -0.2) is 42.5 Å². The van der Waals surface area contributed by atoms with E-state index >= 15 is 0 Å². The van der Waals surface area contributed by atoms with Gasteiger partial charge in [0.15, 0.2) is 23.3 Å². The monoisotopic (exact) mass is 428 g/mol. The van der Waals surface area contributed by atoms with E-state index in [2.05, 4.69) is 10.3 Å². The van der Waals surface area contributed by atoms with Crippen molar-refractivity contribution < 1.29 is 28.9 Å². The van der Waals surface area contributed by atoms with Gasteiger partial charge in [0.1, 0.15) is 5.75 Å². The number of thioether (sulfide) groups is 1. The summed E-state index contributed by atoms with van der Waals surface area (Å²) in [6.45, 7) is 1.68. The zero-order chi connectivity index (χ0) is 21.5. The molecule has 0 spiro atoms. The van der Waals surface area contributed by atoms with Crippen LogP contribution in [0.25, 0.3) is 6.08 Å². The van der Waals surface area contributed by atoms with Crippen molar-refractivity contribution in [2.45, 2.75) is 6.92 Å². The molecule has 1 heterocycles. The first-order chi connectivity index (χ1) is 14.5. The van der Waals surface area contributed by atoms with E-state index in [1.807, 2.05) is 6.92 Å². The molecule has 9 heteroatoms. The zero-order valence-electron chi connectivity index (χ0n) is 16.4. The highest BCUT2D eigenvalue weighted by atomic mass is 32.2. The number of rotatable bonds is 8. The normalized spacial score (nSPS) is 15.9. The molecule has 3 rings (SSSR count). The van der Waals surface area contributed by atoms with Gasteiger partial charge < -0.3 is 24.6 Å². The number of aliphatic carboxylic acids is 1. The average molecular weight is 428 g/mol. The maximum Gasteiger partial charge on any atom is 0.341 e. The van der Waals surface area contributed by atoms with Crippen molar-refractivity contribution in [1.82, 2.24) is 5.32 Å². The van der Waals surface area contributed by atoms with Gasteiger partial charge in [0.2, 0.25) is 0 Å². The molecule has 0 aliphatic carbocycles. The molecule has 0 bridgehead atoms. The molecule has 8 nitrogen and oxygen atoms in total. The first-order valence-electron chi connectivity index (χ1n) is 9.04. The minimum atomic E-state index is -1.11. The topological polar surface area (TPSA) is 106 Å². The molecule has 2 aromatic rings. The van der Waals surface area contributed by atoms with Crippen LogP contribution in [0.15, 0.2) is 52.4 Å². The van der Waals surface area contributed by atoms with Crippen molar-refractivity contribution >= 4 is 40.6 Å². The molecule has 0 atom stereocenters. The third-order valence-corrected chi connectivity index (χ3v) is 4.80. The molecule has 1 aliphatic heterocycles.